The van der Waals surface area contributed by atoms with Crippen LogP contribution >= 0.6 is 0 Å². The van der Waals surface area contributed by atoms with Crippen molar-refractivity contribution >= 4 is 5.91 Å². The molecule has 0 aliphatic rings. The molecule has 2 aromatic carbocycles. The van der Waals surface area contributed by atoms with Crippen molar-refractivity contribution in [2.75, 3.05) is 0 Å². The van der Waals surface area contributed by atoms with Crippen LogP contribution in [0.1, 0.15) is 15.9 Å². The van der Waals surface area contributed by atoms with Gasteiger partial charge in [0.05, 0.1) is 5.56 Å². The SMILES string of the molecule is NC(=O)c1cncc(-c2ccccc2OCc2ccccc2)c1. The molecule has 0 aliphatic heterocycles. The van der Waals surface area contributed by atoms with Gasteiger partial charge < -0.3 is 10.5 Å². The number of pyridine rings is 1. The molecular formula is C19H16N2O2. The summed E-state index contributed by atoms with van der Waals surface area (Å²) in [5.41, 5.74) is 8.46. The third-order valence-electron chi connectivity index (χ3n) is 3.46. The molecule has 1 amide bonds. The second kappa shape index (κ2) is 6.75. The van der Waals surface area contributed by atoms with Crippen LogP contribution in [0.5, 0.6) is 5.75 Å². The van der Waals surface area contributed by atoms with Gasteiger partial charge in [-0.1, -0.05) is 48.5 Å². The Balaban J connectivity index is 1.89. The van der Waals surface area contributed by atoms with E-state index in [2.05, 4.69) is 4.98 Å². The minimum atomic E-state index is -0.498. The number of nitrogens with zero attached hydrogens (tertiary/aromatic N) is 1. The van der Waals surface area contributed by atoms with E-state index in [1.165, 1.54) is 6.20 Å². The van der Waals surface area contributed by atoms with E-state index in [4.69, 9.17) is 10.5 Å². The van der Waals surface area contributed by atoms with Gasteiger partial charge in [0.2, 0.25) is 5.91 Å². The minimum absolute atomic E-state index is 0.375. The highest BCUT2D eigenvalue weighted by Gasteiger charge is 2.09. The van der Waals surface area contributed by atoms with Crippen LogP contribution < -0.4 is 10.5 Å². The standard InChI is InChI=1S/C19H16N2O2/c20-19(22)16-10-15(11-21-12-16)17-8-4-5-9-18(17)23-13-14-6-2-1-3-7-14/h1-12H,13H2,(H2,20,22). The predicted octanol–water partition coefficient (Wildman–Crippen LogP) is 3.43. The zero-order chi connectivity index (χ0) is 16.1. The highest BCUT2D eigenvalue weighted by molar-refractivity contribution is 5.93. The molecule has 23 heavy (non-hydrogen) atoms. The van der Waals surface area contributed by atoms with Gasteiger partial charge in [-0.05, 0) is 17.7 Å². The Morgan fingerprint density at radius 3 is 2.52 bits per heavy atom. The number of amides is 1. The first kappa shape index (κ1) is 14.8. The maximum atomic E-state index is 11.3. The number of aromatic nitrogens is 1. The highest BCUT2D eigenvalue weighted by Crippen LogP contribution is 2.30. The Hall–Kier alpha value is -3.14. The molecule has 0 radical (unpaired) electrons. The first-order valence-corrected chi connectivity index (χ1v) is 7.25. The lowest BCUT2D eigenvalue weighted by Crippen LogP contribution is -2.11. The molecule has 1 aromatic heterocycles. The van der Waals surface area contributed by atoms with E-state index in [-0.39, 0.29) is 0 Å². The first-order chi connectivity index (χ1) is 11.2. The number of rotatable bonds is 5. The van der Waals surface area contributed by atoms with Crippen LogP contribution in [0.15, 0.2) is 73.1 Å². The molecule has 1 heterocycles. The van der Waals surface area contributed by atoms with Crippen molar-refractivity contribution < 1.29 is 9.53 Å². The lowest BCUT2D eigenvalue weighted by Gasteiger charge is -2.12. The summed E-state index contributed by atoms with van der Waals surface area (Å²) < 4.78 is 5.93. The largest absolute Gasteiger partial charge is 0.488 e. The molecule has 114 valence electrons. The van der Waals surface area contributed by atoms with Crippen molar-refractivity contribution in [3.8, 4) is 16.9 Å². The van der Waals surface area contributed by atoms with Crippen molar-refractivity contribution in [3.05, 3.63) is 84.2 Å². The summed E-state index contributed by atoms with van der Waals surface area (Å²) in [5.74, 6) is 0.238. The molecule has 0 saturated carbocycles. The second-order valence-corrected chi connectivity index (χ2v) is 5.10. The van der Waals surface area contributed by atoms with Crippen LogP contribution in [-0.4, -0.2) is 10.9 Å². The maximum Gasteiger partial charge on any atom is 0.250 e. The molecule has 2 N–H and O–H groups in total. The molecule has 0 spiro atoms. The van der Waals surface area contributed by atoms with Crippen molar-refractivity contribution in [3.63, 3.8) is 0 Å². The molecule has 4 heteroatoms. The van der Waals surface area contributed by atoms with Gasteiger partial charge in [-0.15, -0.1) is 0 Å². The third kappa shape index (κ3) is 3.55. The van der Waals surface area contributed by atoms with Gasteiger partial charge in [0.1, 0.15) is 12.4 Å². The number of hydrogen-bond acceptors (Lipinski definition) is 3. The normalized spacial score (nSPS) is 10.3. The molecule has 4 nitrogen and oxygen atoms in total. The molecule has 0 aliphatic carbocycles. The Bertz CT molecular complexity index is 816. The third-order valence-corrected chi connectivity index (χ3v) is 3.46. The predicted molar refractivity (Wildman–Crippen MR) is 89.0 cm³/mol. The van der Waals surface area contributed by atoms with Gasteiger partial charge >= 0.3 is 0 Å². The van der Waals surface area contributed by atoms with E-state index in [0.29, 0.717) is 12.2 Å². The molecule has 3 aromatic rings. The lowest BCUT2D eigenvalue weighted by atomic mass is 10.0. The van der Waals surface area contributed by atoms with E-state index in [9.17, 15) is 4.79 Å². The summed E-state index contributed by atoms with van der Waals surface area (Å²) in [5, 5.41) is 0. The van der Waals surface area contributed by atoms with Gasteiger partial charge in [0, 0.05) is 23.5 Å². The van der Waals surface area contributed by atoms with Crippen LogP contribution in [-0.2, 0) is 6.61 Å². The molecule has 0 bridgehead atoms. The molecule has 0 atom stereocenters. The Kier molecular flexibility index (Phi) is 4.34. The van der Waals surface area contributed by atoms with Gasteiger partial charge in [0.15, 0.2) is 0 Å². The summed E-state index contributed by atoms with van der Waals surface area (Å²) in [6, 6.07) is 19.3. The van der Waals surface area contributed by atoms with Gasteiger partial charge in [-0.3, -0.25) is 9.78 Å². The number of ether oxygens (including phenoxy) is 1. The molecule has 3 rings (SSSR count). The van der Waals surface area contributed by atoms with Crippen molar-refractivity contribution in [1.29, 1.82) is 0 Å². The molecule has 0 saturated heterocycles. The monoisotopic (exact) mass is 304 g/mol. The number of nitrogens with two attached hydrogens (primary N) is 1. The summed E-state index contributed by atoms with van der Waals surface area (Å²) in [7, 11) is 0. The number of benzene rings is 2. The number of primary amides is 1. The van der Waals surface area contributed by atoms with Gasteiger partial charge in [-0.2, -0.15) is 0 Å². The zero-order valence-corrected chi connectivity index (χ0v) is 12.5. The lowest BCUT2D eigenvalue weighted by molar-refractivity contribution is 0.1000. The first-order valence-electron chi connectivity index (χ1n) is 7.25. The Morgan fingerprint density at radius 1 is 1.00 bits per heavy atom. The summed E-state index contributed by atoms with van der Waals surface area (Å²) in [4.78, 5) is 15.4. The fourth-order valence-electron chi connectivity index (χ4n) is 2.29. The van der Waals surface area contributed by atoms with Gasteiger partial charge in [-0.25, -0.2) is 0 Å². The summed E-state index contributed by atoms with van der Waals surface area (Å²) in [6.07, 6.45) is 3.15. The fourth-order valence-corrected chi connectivity index (χ4v) is 2.29. The zero-order valence-electron chi connectivity index (χ0n) is 12.5. The van der Waals surface area contributed by atoms with E-state index >= 15 is 0 Å². The average Bonchev–Trinajstić information content (AvgIpc) is 2.61. The summed E-state index contributed by atoms with van der Waals surface area (Å²) in [6.45, 7) is 0.473. The molecule has 0 fully saturated rings. The number of carbonyl (C=O) groups excluding carboxylic acids is 1. The van der Waals surface area contributed by atoms with Crippen LogP contribution in [0, 0.1) is 0 Å². The van der Waals surface area contributed by atoms with E-state index in [0.717, 1.165) is 22.4 Å². The average molecular weight is 304 g/mol. The fraction of sp³-hybridized carbons (Fsp3) is 0.0526. The second-order valence-electron chi connectivity index (χ2n) is 5.10. The van der Waals surface area contributed by atoms with Crippen LogP contribution in [0.25, 0.3) is 11.1 Å². The van der Waals surface area contributed by atoms with Crippen molar-refractivity contribution in [2.45, 2.75) is 6.61 Å². The van der Waals surface area contributed by atoms with Crippen molar-refractivity contribution in [1.82, 2.24) is 4.98 Å². The number of hydrogen-bond donors (Lipinski definition) is 1. The number of carbonyl (C=O) groups is 1. The number of para-hydroxylation sites is 1. The van der Waals surface area contributed by atoms with E-state index in [1.54, 1.807) is 12.3 Å². The highest BCUT2D eigenvalue weighted by atomic mass is 16.5. The molecular weight excluding hydrogens is 288 g/mol. The minimum Gasteiger partial charge on any atom is -0.488 e. The Morgan fingerprint density at radius 2 is 1.74 bits per heavy atom. The van der Waals surface area contributed by atoms with Crippen LogP contribution in [0.2, 0.25) is 0 Å². The molecule has 0 unspecified atom stereocenters. The van der Waals surface area contributed by atoms with Crippen LogP contribution in [0.3, 0.4) is 0 Å². The summed E-state index contributed by atoms with van der Waals surface area (Å²) >= 11 is 0. The quantitative estimate of drug-likeness (QED) is 0.785. The topological polar surface area (TPSA) is 65.2 Å². The van der Waals surface area contributed by atoms with E-state index < -0.39 is 5.91 Å². The smallest absolute Gasteiger partial charge is 0.250 e. The maximum absolute atomic E-state index is 11.3. The van der Waals surface area contributed by atoms with Gasteiger partial charge in [0.25, 0.3) is 0 Å². The van der Waals surface area contributed by atoms with Crippen LogP contribution in [0.4, 0.5) is 0 Å². The van der Waals surface area contributed by atoms with Crippen molar-refractivity contribution in [2.24, 2.45) is 5.73 Å². The Labute approximate surface area is 134 Å². The van der Waals surface area contributed by atoms with E-state index in [1.807, 2.05) is 54.6 Å².